The Morgan fingerprint density at radius 3 is 2.76 bits per heavy atom. The zero-order chi connectivity index (χ0) is 24.1. The molecular weight excluding hydrogens is 433 g/mol. The van der Waals surface area contributed by atoms with Crippen LogP contribution in [0, 0.1) is 12.7 Å². The van der Waals surface area contributed by atoms with Crippen LogP contribution in [0.1, 0.15) is 16.8 Å². The monoisotopic (exact) mass is 463 g/mol. The average Bonchev–Trinajstić information content (AvgIpc) is 3.29. The Bertz CT molecular complexity index is 1170. The molecule has 3 aromatic rings. The molecule has 1 saturated heterocycles. The molecule has 2 heterocycles. The van der Waals surface area contributed by atoms with Crippen molar-refractivity contribution in [3.8, 4) is 11.4 Å². The highest BCUT2D eigenvalue weighted by atomic mass is 19.1. The summed E-state index contributed by atoms with van der Waals surface area (Å²) in [6.45, 7) is 8.58. The third kappa shape index (κ3) is 4.75. The van der Waals surface area contributed by atoms with Crippen molar-refractivity contribution >= 4 is 6.08 Å². The molecule has 1 atom stereocenters. The lowest BCUT2D eigenvalue weighted by Crippen LogP contribution is -2.60. The molecule has 8 heteroatoms. The first-order valence-electron chi connectivity index (χ1n) is 11.1. The highest BCUT2D eigenvalue weighted by molar-refractivity contribution is 5.60. The highest BCUT2D eigenvalue weighted by Gasteiger charge is 2.41. The number of aryl methyl sites for hydroxylation is 1. The topological polar surface area (TPSA) is 77.6 Å². The van der Waals surface area contributed by atoms with Gasteiger partial charge in [0.2, 0.25) is 0 Å². The molecule has 0 saturated carbocycles. The maximum Gasteiger partial charge on any atom is 0.143 e. The van der Waals surface area contributed by atoms with Gasteiger partial charge in [0.25, 0.3) is 0 Å². The van der Waals surface area contributed by atoms with Crippen LogP contribution in [0.15, 0.2) is 73.3 Å². The second kappa shape index (κ2) is 10.2. The number of halogens is 1. The number of allylic oxidation sites excluding steroid dienone is 1. The average molecular weight is 464 g/mol. The summed E-state index contributed by atoms with van der Waals surface area (Å²) in [5.41, 5.74) is 3.92. The van der Waals surface area contributed by atoms with Crippen molar-refractivity contribution in [2.24, 2.45) is 5.90 Å². The fourth-order valence-corrected chi connectivity index (χ4v) is 4.43. The second-order valence-electron chi connectivity index (χ2n) is 8.36. The lowest BCUT2D eigenvalue weighted by molar-refractivity contribution is -0.00696. The summed E-state index contributed by atoms with van der Waals surface area (Å²) in [5.74, 6) is 5.99. The molecule has 34 heavy (non-hydrogen) atoms. The van der Waals surface area contributed by atoms with Crippen LogP contribution in [0.3, 0.4) is 0 Å². The van der Waals surface area contributed by atoms with E-state index in [0.717, 1.165) is 40.5 Å². The smallest absolute Gasteiger partial charge is 0.143 e. The summed E-state index contributed by atoms with van der Waals surface area (Å²) in [5, 5.41) is 3.41. The van der Waals surface area contributed by atoms with Crippen molar-refractivity contribution in [1.29, 1.82) is 0 Å². The van der Waals surface area contributed by atoms with Crippen LogP contribution in [0.25, 0.3) is 11.8 Å². The molecule has 0 aliphatic carbocycles. The van der Waals surface area contributed by atoms with E-state index in [9.17, 15) is 4.39 Å². The van der Waals surface area contributed by atoms with E-state index in [2.05, 4.69) is 21.8 Å². The van der Waals surface area contributed by atoms with E-state index >= 15 is 0 Å². The molecule has 1 aromatic heterocycles. The number of ether oxygens (including phenoxy) is 1. The van der Waals surface area contributed by atoms with Crippen molar-refractivity contribution in [2.45, 2.75) is 12.5 Å². The number of piperazine rings is 1. The second-order valence-corrected chi connectivity index (χ2v) is 8.36. The van der Waals surface area contributed by atoms with Gasteiger partial charge in [0.05, 0.1) is 31.4 Å². The number of hydrogen-bond donors (Lipinski definition) is 2. The van der Waals surface area contributed by atoms with Gasteiger partial charge >= 0.3 is 0 Å². The number of methoxy groups -OCH3 is 1. The van der Waals surface area contributed by atoms with Gasteiger partial charge in [-0.15, -0.1) is 0 Å². The van der Waals surface area contributed by atoms with E-state index in [1.54, 1.807) is 25.6 Å². The Labute approximate surface area is 199 Å². The van der Waals surface area contributed by atoms with Crippen LogP contribution < -0.4 is 16.0 Å². The van der Waals surface area contributed by atoms with Gasteiger partial charge in [0.15, 0.2) is 0 Å². The van der Waals surface area contributed by atoms with Crippen LogP contribution >= 0.6 is 0 Å². The van der Waals surface area contributed by atoms with E-state index in [1.807, 2.05) is 48.0 Å². The molecule has 0 amide bonds. The number of imidazole rings is 1. The standard InChI is InChI=1S/C26H30FN5O2/c1-19-15-31(18-30-19)24-11-6-21(14-25(24)33-3)5-4-20(2)32-13-12-29-16-26(32,17-34-28)22-7-9-23(27)10-8-22/h4-11,14-15,18,29H,2,12-13,16-17,28H2,1,3H3/b5-4+. The minimum absolute atomic E-state index is 0.228. The largest absolute Gasteiger partial charge is 0.495 e. The number of aromatic nitrogens is 2. The summed E-state index contributed by atoms with van der Waals surface area (Å²) in [6, 6.07) is 12.4. The Morgan fingerprint density at radius 2 is 2.09 bits per heavy atom. The van der Waals surface area contributed by atoms with Crippen LogP contribution in [-0.4, -0.2) is 47.8 Å². The maximum atomic E-state index is 13.6. The predicted molar refractivity (Wildman–Crippen MR) is 131 cm³/mol. The van der Waals surface area contributed by atoms with Gasteiger partial charge in [-0.2, -0.15) is 0 Å². The number of rotatable bonds is 8. The Morgan fingerprint density at radius 1 is 1.29 bits per heavy atom. The normalized spacial score (nSPS) is 18.4. The molecule has 0 spiro atoms. The van der Waals surface area contributed by atoms with Crippen molar-refractivity contribution in [3.63, 3.8) is 0 Å². The van der Waals surface area contributed by atoms with Gasteiger partial charge in [-0.05, 0) is 48.4 Å². The predicted octanol–water partition coefficient (Wildman–Crippen LogP) is 3.55. The molecule has 1 aliphatic heterocycles. The molecule has 178 valence electrons. The van der Waals surface area contributed by atoms with Crippen LogP contribution in [-0.2, 0) is 10.4 Å². The number of hydrogen-bond acceptors (Lipinski definition) is 6. The minimum atomic E-state index is -0.608. The van der Waals surface area contributed by atoms with Gasteiger partial charge in [-0.1, -0.05) is 30.9 Å². The summed E-state index contributed by atoms with van der Waals surface area (Å²) in [4.78, 5) is 11.6. The SMILES string of the molecule is C=C(/C=C/c1ccc(-n2cnc(C)c2)c(OC)c1)N1CCNCC1(CON)c1ccc(F)cc1. The zero-order valence-electron chi connectivity index (χ0n) is 19.5. The number of nitrogens with one attached hydrogen (secondary N) is 1. The first-order valence-corrected chi connectivity index (χ1v) is 11.1. The van der Waals surface area contributed by atoms with E-state index in [-0.39, 0.29) is 12.4 Å². The van der Waals surface area contributed by atoms with Gasteiger partial charge in [-0.3, -0.25) is 0 Å². The first kappa shape index (κ1) is 23.7. The van der Waals surface area contributed by atoms with Crippen LogP contribution in [0.5, 0.6) is 5.75 Å². The number of nitrogens with two attached hydrogens (primary N) is 1. The number of nitrogens with zero attached hydrogens (tertiary/aromatic N) is 3. The molecule has 7 nitrogen and oxygen atoms in total. The third-order valence-corrected chi connectivity index (χ3v) is 6.16. The van der Waals surface area contributed by atoms with E-state index in [4.69, 9.17) is 15.5 Å². The van der Waals surface area contributed by atoms with Crippen LogP contribution in [0.4, 0.5) is 4.39 Å². The molecule has 2 aromatic carbocycles. The molecule has 3 N–H and O–H groups in total. The highest BCUT2D eigenvalue weighted by Crippen LogP contribution is 2.34. The van der Waals surface area contributed by atoms with Crippen molar-refractivity contribution < 1.29 is 14.0 Å². The summed E-state index contributed by atoms with van der Waals surface area (Å²) >= 11 is 0. The molecule has 0 radical (unpaired) electrons. The third-order valence-electron chi connectivity index (χ3n) is 6.16. The van der Waals surface area contributed by atoms with Gasteiger partial charge in [0, 0.05) is 31.5 Å². The van der Waals surface area contributed by atoms with Crippen LogP contribution in [0.2, 0.25) is 0 Å². The molecular formula is C26H30FN5O2. The molecule has 4 rings (SSSR count). The molecule has 1 aliphatic rings. The zero-order valence-corrected chi connectivity index (χ0v) is 19.5. The number of benzene rings is 2. The Kier molecular flexibility index (Phi) is 7.12. The summed E-state index contributed by atoms with van der Waals surface area (Å²) < 4.78 is 21.2. The molecule has 1 fully saturated rings. The summed E-state index contributed by atoms with van der Waals surface area (Å²) in [7, 11) is 1.65. The lowest BCUT2D eigenvalue weighted by Gasteiger charge is -2.49. The quantitative estimate of drug-likeness (QED) is 0.393. The van der Waals surface area contributed by atoms with Gasteiger partial charge in [-0.25, -0.2) is 15.3 Å². The van der Waals surface area contributed by atoms with Crippen molar-refractivity contribution in [3.05, 3.63) is 96.0 Å². The molecule has 0 bridgehead atoms. The first-order chi connectivity index (χ1) is 16.5. The minimum Gasteiger partial charge on any atom is -0.495 e. The maximum absolute atomic E-state index is 13.6. The van der Waals surface area contributed by atoms with Crippen molar-refractivity contribution in [1.82, 2.24) is 19.8 Å². The van der Waals surface area contributed by atoms with E-state index in [0.29, 0.717) is 13.1 Å². The Hall–Kier alpha value is -3.46. The van der Waals surface area contributed by atoms with E-state index in [1.165, 1.54) is 12.1 Å². The fourth-order valence-electron chi connectivity index (χ4n) is 4.43. The fraction of sp³-hybridized carbons (Fsp3) is 0.269. The Balaban J connectivity index is 1.61. The van der Waals surface area contributed by atoms with Gasteiger partial charge in [0.1, 0.15) is 17.1 Å². The van der Waals surface area contributed by atoms with Gasteiger partial charge < -0.3 is 24.4 Å². The van der Waals surface area contributed by atoms with E-state index < -0.39 is 5.54 Å². The van der Waals surface area contributed by atoms with Crippen molar-refractivity contribution in [2.75, 3.05) is 33.4 Å². The molecule has 1 unspecified atom stereocenters. The lowest BCUT2D eigenvalue weighted by atomic mass is 9.86. The summed E-state index contributed by atoms with van der Waals surface area (Å²) in [6.07, 6.45) is 7.68.